The van der Waals surface area contributed by atoms with Crippen LogP contribution in [-0.4, -0.2) is 38.1 Å². The van der Waals surface area contributed by atoms with Crippen LogP contribution in [0.3, 0.4) is 0 Å². The summed E-state index contributed by atoms with van der Waals surface area (Å²) in [5.41, 5.74) is 2.73. The number of nitrogens with zero attached hydrogens (tertiary/aromatic N) is 4. The van der Waals surface area contributed by atoms with E-state index in [2.05, 4.69) is 23.3 Å². The van der Waals surface area contributed by atoms with Crippen LogP contribution in [0.4, 0.5) is 0 Å². The van der Waals surface area contributed by atoms with E-state index in [0.717, 1.165) is 6.42 Å². The molecule has 0 fully saturated rings. The molecule has 1 aliphatic rings. The number of carbonyl (C=O) groups is 1. The summed E-state index contributed by atoms with van der Waals surface area (Å²) < 4.78 is 2.88. The van der Waals surface area contributed by atoms with E-state index >= 15 is 0 Å². The molecule has 0 saturated carbocycles. The van der Waals surface area contributed by atoms with Gasteiger partial charge in [-0.3, -0.25) is 9.59 Å². The van der Waals surface area contributed by atoms with Crippen molar-refractivity contribution in [1.29, 1.82) is 0 Å². The van der Waals surface area contributed by atoms with E-state index in [-0.39, 0.29) is 18.0 Å². The number of amides is 1. The predicted octanol–water partition coefficient (Wildman–Crippen LogP) is 1.81. The molecular weight excluding hydrogens is 316 g/mol. The maximum Gasteiger partial charge on any atom is 0.291 e. The number of rotatable bonds is 3. The number of benzene rings is 1. The van der Waals surface area contributed by atoms with Crippen LogP contribution in [-0.2, 0) is 11.3 Å². The molecular formula is C19H18N4O2. The molecule has 0 atom stereocenters. The van der Waals surface area contributed by atoms with Gasteiger partial charge in [-0.05, 0) is 29.7 Å². The molecule has 0 radical (unpaired) electrons. The van der Waals surface area contributed by atoms with Crippen molar-refractivity contribution in [2.75, 3.05) is 13.1 Å². The Kier molecular flexibility index (Phi) is 3.93. The van der Waals surface area contributed by atoms with Crippen molar-refractivity contribution in [2.45, 2.75) is 13.0 Å². The number of carbonyl (C=O) groups excluding carboxylic acids is 1. The van der Waals surface area contributed by atoms with Crippen molar-refractivity contribution < 1.29 is 4.79 Å². The van der Waals surface area contributed by atoms with Crippen LogP contribution in [0.1, 0.15) is 12.0 Å². The molecule has 0 bridgehead atoms. The summed E-state index contributed by atoms with van der Waals surface area (Å²) >= 11 is 0. The van der Waals surface area contributed by atoms with Crippen LogP contribution < -0.4 is 5.56 Å². The summed E-state index contributed by atoms with van der Waals surface area (Å²) in [6.45, 7) is 1.18. The molecule has 126 valence electrons. The Bertz CT molecular complexity index is 1000. The molecule has 25 heavy (non-hydrogen) atoms. The minimum Gasteiger partial charge on any atom is -0.337 e. The van der Waals surface area contributed by atoms with Crippen molar-refractivity contribution in [3.63, 3.8) is 0 Å². The monoisotopic (exact) mass is 334 g/mol. The van der Waals surface area contributed by atoms with Crippen LogP contribution >= 0.6 is 0 Å². The maximum atomic E-state index is 12.5. The standard InChI is InChI=1S/C19H18N4O2/c24-18(13-23-19(25)17-7-4-10-22(17)14-20-23)21-11-8-16(9-12-21)15-5-2-1-3-6-15/h1-8,10,14H,9,11-13H2. The van der Waals surface area contributed by atoms with Crippen molar-refractivity contribution >= 4 is 17.0 Å². The summed E-state index contributed by atoms with van der Waals surface area (Å²) in [7, 11) is 0. The third-order valence-corrected chi connectivity index (χ3v) is 4.54. The van der Waals surface area contributed by atoms with E-state index in [1.165, 1.54) is 15.8 Å². The van der Waals surface area contributed by atoms with Gasteiger partial charge in [0.15, 0.2) is 0 Å². The molecule has 0 spiro atoms. The van der Waals surface area contributed by atoms with E-state index in [1.54, 1.807) is 34.0 Å². The van der Waals surface area contributed by atoms with Crippen LogP contribution in [0, 0.1) is 0 Å². The number of hydrogen-bond acceptors (Lipinski definition) is 3. The van der Waals surface area contributed by atoms with E-state index in [9.17, 15) is 9.59 Å². The van der Waals surface area contributed by atoms with Gasteiger partial charge in [0.1, 0.15) is 18.4 Å². The van der Waals surface area contributed by atoms with Crippen LogP contribution in [0.5, 0.6) is 0 Å². The SMILES string of the molecule is O=C(Cn1ncn2cccc2c1=O)N1CC=C(c2ccccc2)CC1. The quantitative estimate of drug-likeness (QED) is 0.734. The zero-order valence-electron chi connectivity index (χ0n) is 13.7. The minimum atomic E-state index is -0.252. The Balaban J connectivity index is 1.48. The summed E-state index contributed by atoms with van der Waals surface area (Å²) in [5, 5.41) is 4.08. The molecule has 0 N–H and O–H groups in total. The largest absolute Gasteiger partial charge is 0.337 e. The van der Waals surface area contributed by atoms with Crippen LogP contribution in [0.15, 0.2) is 65.9 Å². The fraction of sp³-hybridized carbons (Fsp3) is 0.211. The van der Waals surface area contributed by atoms with Crippen LogP contribution in [0.2, 0.25) is 0 Å². The molecule has 6 heteroatoms. The highest BCUT2D eigenvalue weighted by atomic mass is 16.2. The first-order chi connectivity index (χ1) is 12.2. The second-order valence-corrected chi connectivity index (χ2v) is 6.08. The summed E-state index contributed by atoms with van der Waals surface area (Å²) in [6.07, 6.45) is 6.21. The van der Waals surface area contributed by atoms with Gasteiger partial charge in [-0.15, -0.1) is 0 Å². The highest BCUT2D eigenvalue weighted by Gasteiger charge is 2.19. The molecule has 6 nitrogen and oxygen atoms in total. The Labute approximate surface area is 144 Å². The number of hydrogen-bond donors (Lipinski definition) is 0. The zero-order valence-corrected chi connectivity index (χ0v) is 13.7. The predicted molar refractivity (Wildman–Crippen MR) is 95.1 cm³/mol. The maximum absolute atomic E-state index is 12.5. The lowest BCUT2D eigenvalue weighted by atomic mass is 9.99. The van der Waals surface area contributed by atoms with Gasteiger partial charge >= 0.3 is 0 Å². The molecule has 3 heterocycles. The molecule has 0 unspecified atom stereocenters. The lowest BCUT2D eigenvalue weighted by Crippen LogP contribution is -2.39. The fourth-order valence-corrected chi connectivity index (χ4v) is 3.13. The second-order valence-electron chi connectivity index (χ2n) is 6.08. The lowest BCUT2D eigenvalue weighted by Gasteiger charge is -2.26. The average molecular weight is 334 g/mol. The van der Waals surface area contributed by atoms with Gasteiger partial charge in [-0.2, -0.15) is 5.10 Å². The van der Waals surface area contributed by atoms with Gasteiger partial charge < -0.3 is 9.30 Å². The summed E-state index contributed by atoms with van der Waals surface area (Å²) in [5.74, 6) is -0.0890. The van der Waals surface area contributed by atoms with Crippen LogP contribution in [0.25, 0.3) is 11.1 Å². The fourth-order valence-electron chi connectivity index (χ4n) is 3.13. The highest BCUT2D eigenvalue weighted by molar-refractivity contribution is 5.78. The molecule has 4 rings (SSSR count). The molecule has 3 aromatic rings. The van der Waals surface area contributed by atoms with E-state index < -0.39 is 0 Å². The molecule has 2 aromatic heterocycles. The van der Waals surface area contributed by atoms with Crippen molar-refractivity contribution in [1.82, 2.24) is 19.1 Å². The Morgan fingerprint density at radius 2 is 1.96 bits per heavy atom. The first kappa shape index (κ1) is 15.4. The van der Waals surface area contributed by atoms with Crippen molar-refractivity contribution in [3.05, 3.63) is 77.0 Å². The first-order valence-electron chi connectivity index (χ1n) is 8.27. The van der Waals surface area contributed by atoms with Crippen molar-refractivity contribution in [2.24, 2.45) is 0 Å². The summed E-state index contributed by atoms with van der Waals surface area (Å²) in [6, 6.07) is 13.7. The molecule has 1 aliphatic heterocycles. The Morgan fingerprint density at radius 1 is 1.12 bits per heavy atom. The first-order valence-corrected chi connectivity index (χ1v) is 8.27. The van der Waals surface area contributed by atoms with Gasteiger partial charge in [0.2, 0.25) is 5.91 Å². The van der Waals surface area contributed by atoms with Gasteiger partial charge in [-0.25, -0.2) is 4.68 Å². The van der Waals surface area contributed by atoms with E-state index in [0.29, 0.717) is 18.6 Å². The highest BCUT2D eigenvalue weighted by Crippen LogP contribution is 2.22. The molecule has 1 aromatic carbocycles. The Hall–Kier alpha value is -3.15. The average Bonchev–Trinajstić information content (AvgIpc) is 3.14. The number of fused-ring (bicyclic) bond motifs is 1. The second kappa shape index (κ2) is 6.39. The molecule has 0 saturated heterocycles. The smallest absolute Gasteiger partial charge is 0.291 e. The third-order valence-electron chi connectivity index (χ3n) is 4.54. The normalized spacial score (nSPS) is 14.6. The lowest BCUT2D eigenvalue weighted by molar-refractivity contribution is -0.131. The molecule has 0 aliphatic carbocycles. The van der Waals surface area contributed by atoms with Gasteiger partial charge in [0.25, 0.3) is 5.56 Å². The zero-order chi connectivity index (χ0) is 17.2. The van der Waals surface area contributed by atoms with E-state index in [1.807, 2.05) is 18.2 Å². The minimum absolute atomic E-state index is 0.0327. The number of aromatic nitrogens is 3. The van der Waals surface area contributed by atoms with Crippen molar-refractivity contribution in [3.8, 4) is 0 Å². The van der Waals surface area contributed by atoms with Gasteiger partial charge in [-0.1, -0.05) is 36.4 Å². The Morgan fingerprint density at radius 3 is 2.72 bits per heavy atom. The third kappa shape index (κ3) is 2.98. The van der Waals surface area contributed by atoms with Gasteiger partial charge in [0, 0.05) is 19.3 Å². The molecule has 1 amide bonds. The van der Waals surface area contributed by atoms with E-state index in [4.69, 9.17) is 0 Å². The topological polar surface area (TPSA) is 59.6 Å². The van der Waals surface area contributed by atoms with Gasteiger partial charge in [0.05, 0.1) is 0 Å². The summed E-state index contributed by atoms with van der Waals surface area (Å²) in [4.78, 5) is 26.6.